The molecule has 1 amide bonds. The number of carbonyl (C=O) groups excluding carboxylic acids is 1. The van der Waals surface area contributed by atoms with E-state index in [1.807, 2.05) is 35.2 Å². The number of rotatable bonds is 5. The Hall–Kier alpha value is -3.24. The van der Waals surface area contributed by atoms with Crippen molar-refractivity contribution in [2.75, 3.05) is 36.6 Å². The summed E-state index contributed by atoms with van der Waals surface area (Å²) in [7, 11) is 0. The highest BCUT2D eigenvalue weighted by Crippen LogP contribution is 2.26. The number of nitrogens with one attached hydrogen (secondary N) is 3. The van der Waals surface area contributed by atoms with E-state index in [2.05, 4.69) is 16.2 Å². The molecule has 3 N–H and O–H groups in total. The molecule has 1 fully saturated rings. The molecule has 0 atom stereocenters. The van der Waals surface area contributed by atoms with Gasteiger partial charge >= 0.3 is 0 Å². The highest BCUT2D eigenvalue weighted by atomic mass is 32.1. The maximum absolute atomic E-state index is 12.8. The van der Waals surface area contributed by atoms with Gasteiger partial charge in [0, 0.05) is 25.2 Å². The fourth-order valence-electron chi connectivity index (χ4n) is 2.75. The van der Waals surface area contributed by atoms with Gasteiger partial charge in [-0.3, -0.25) is 31.1 Å². The standard InChI is InChI=1S/C18H19N5O4S/c24-17(19-18(28)21-20-13-4-2-1-3-5-13)15-12-14(23(25)26)6-7-16(15)22-8-10-27-11-9-22/h1-7,12,20H,8-11H2,(H2,19,21,24,28). The van der Waals surface area contributed by atoms with Crippen molar-refractivity contribution in [1.82, 2.24) is 10.7 Å². The first kappa shape index (κ1) is 19.5. The van der Waals surface area contributed by atoms with Gasteiger partial charge in [-0.25, -0.2) is 0 Å². The lowest BCUT2D eigenvalue weighted by atomic mass is 10.1. The summed E-state index contributed by atoms with van der Waals surface area (Å²) in [6.07, 6.45) is 0. The lowest BCUT2D eigenvalue weighted by Crippen LogP contribution is -2.43. The Kier molecular flexibility index (Phi) is 6.35. The van der Waals surface area contributed by atoms with Crippen molar-refractivity contribution >= 4 is 40.3 Å². The predicted molar refractivity (Wildman–Crippen MR) is 109 cm³/mol. The van der Waals surface area contributed by atoms with Gasteiger partial charge in [0.05, 0.1) is 35.1 Å². The van der Waals surface area contributed by atoms with Crippen LogP contribution in [0.5, 0.6) is 0 Å². The van der Waals surface area contributed by atoms with E-state index in [0.717, 1.165) is 5.69 Å². The number of thiocarbonyl (C=S) groups is 1. The van der Waals surface area contributed by atoms with Gasteiger partial charge in [0.15, 0.2) is 5.11 Å². The van der Waals surface area contributed by atoms with E-state index >= 15 is 0 Å². The minimum atomic E-state index is -0.534. The first-order valence-electron chi connectivity index (χ1n) is 8.58. The van der Waals surface area contributed by atoms with Crippen LogP contribution in [0.3, 0.4) is 0 Å². The smallest absolute Gasteiger partial charge is 0.270 e. The monoisotopic (exact) mass is 401 g/mol. The molecule has 1 aliphatic rings. The molecule has 9 nitrogen and oxygen atoms in total. The SMILES string of the molecule is O=C(NC(=S)NNc1ccccc1)c1cc([N+](=O)[O-])ccc1N1CCOCC1. The van der Waals surface area contributed by atoms with Crippen LogP contribution in [0.25, 0.3) is 0 Å². The summed E-state index contributed by atoms with van der Waals surface area (Å²) in [5.74, 6) is -0.530. The third kappa shape index (κ3) is 4.93. The van der Waals surface area contributed by atoms with E-state index in [9.17, 15) is 14.9 Å². The number of nitro benzene ring substituents is 1. The molecule has 28 heavy (non-hydrogen) atoms. The Morgan fingerprint density at radius 3 is 2.54 bits per heavy atom. The molecule has 0 unspecified atom stereocenters. The molecule has 146 valence electrons. The third-order valence-electron chi connectivity index (χ3n) is 4.11. The number of morpholine rings is 1. The number of hydrazine groups is 1. The van der Waals surface area contributed by atoms with Crippen LogP contribution in [0.4, 0.5) is 17.1 Å². The Labute approximate surface area is 166 Å². The molecule has 3 rings (SSSR count). The Morgan fingerprint density at radius 1 is 1.14 bits per heavy atom. The molecule has 0 bridgehead atoms. The van der Waals surface area contributed by atoms with Gasteiger partial charge in [-0.1, -0.05) is 18.2 Å². The number of ether oxygens (including phenoxy) is 1. The second kappa shape index (κ2) is 9.11. The average Bonchev–Trinajstić information content (AvgIpc) is 2.73. The van der Waals surface area contributed by atoms with Crippen LogP contribution < -0.4 is 21.1 Å². The minimum Gasteiger partial charge on any atom is -0.378 e. The van der Waals surface area contributed by atoms with Crippen LogP contribution in [0.2, 0.25) is 0 Å². The Balaban J connectivity index is 1.73. The molecule has 2 aromatic carbocycles. The van der Waals surface area contributed by atoms with Gasteiger partial charge in [0.2, 0.25) is 0 Å². The van der Waals surface area contributed by atoms with Crippen LogP contribution in [0.1, 0.15) is 10.4 Å². The molecule has 2 aromatic rings. The topological polar surface area (TPSA) is 109 Å². The zero-order chi connectivity index (χ0) is 19.9. The summed E-state index contributed by atoms with van der Waals surface area (Å²) in [6.45, 7) is 2.24. The molecule has 0 aliphatic carbocycles. The van der Waals surface area contributed by atoms with Crippen LogP contribution in [-0.4, -0.2) is 42.2 Å². The zero-order valence-corrected chi connectivity index (χ0v) is 15.7. The molecule has 0 radical (unpaired) electrons. The number of anilines is 2. The van der Waals surface area contributed by atoms with E-state index in [1.165, 1.54) is 12.1 Å². The molecule has 0 spiro atoms. The second-order valence-electron chi connectivity index (χ2n) is 5.96. The molecule has 1 aliphatic heterocycles. The highest BCUT2D eigenvalue weighted by molar-refractivity contribution is 7.80. The van der Waals surface area contributed by atoms with Crippen LogP contribution in [0.15, 0.2) is 48.5 Å². The van der Waals surface area contributed by atoms with E-state index in [-0.39, 0.29) is 16.4 Å². The number of hydrogen-bond acceptors (Lipinski definition) is 7. The van der Waals surface area contributed by atoms with Crippen molar-refractivity contribution in [2.24, 2.45) is 0 Å². The van der Waals surface area contributed by atoms with Crippen molar-refractivity contribution in [3.05, 3.63) is 64.2 Å². The quantitative estimate of drug-likeness (QED) is 0.397. The maximum atomic E-state index is 12.8. The number of nitro groups is 1. The number of carbonyl (C=O) groups is 1. The summed E-state index contributed by atoms with van der Waals surface area (Å²) in [5.41, 5.74) is 6.97. The van der Waals surface area contributed by atoms with E-state index in [0.29, 0.717) is 32.0 Å². The molecule has 1 heterocycles. The van der Waals surface area contributed by atoms with Gasteiger partial charge in [0.1, 0.15) is 0 Å². The number of benzene rings is 2. The molecule has 1 saturated heterocycles. The van der Waals surface area contributed by atoms with Gasteiger partial charge in [-0.15, -0.1) is 0 Å². The second-order valence-corrected chi connectivity index (χ2v) is 6.37. The van der Waals surface area contributed by atoms with Crippen LogP contribution >= 0.6 is 12.2 Å². The van der Waals surface area contributed by atoms with Gasteiger partial charge in [0.25, 0.3) is 11.6 Å². The number of nitrogens with zero attached hydrogens (tertiary/aromatic N) is 2. The molecular weight excluding hydrogens is 382 g/mol. The van der Waals surface area contributed by atoms with Crippen LogP contribution in [-0.2, 0) is 4.74 Å². The summed E-state index contributed by atoms with van der Waals surface area (Å²) >= 11 is 5.14. The van der Waals surface area contributed by atoms with Crippen molar-refractivity contribution in [1.29, 1.82) is 0 Å². The zero-order valence-electron chi connectivity index (χ0n) is 14.9. The van der Waals surface area contributed by atoms with Gasteiger partial charge < -0.3 is 9.64 Å². The van der Waals surface area contributed by atoms with Crippen molar-refractivity contribution in [2.45, 2.75) is 0 Å². The molecule has 0 saturated carbocycles. The van der Waals surface area contributed by atoms with E-state index < -0.39 is 10.8 Å². The number of hydrogen-bond donors (Lipinski definition) is 3. The van der Waals surface area contributed by atoms with Crippen LogP contribution in [0, 0.1) is 10.1 Å². The lowest BCUT2D eigenvalue weighted by molar-refractivity contribution is -0.384. The summed E-state index contributed by atoms with van der Waals surface area (Å²) in [4.78, 5) is 25.3. The fraction of sp³-hybridized carbons (Fsp3) is 0.222. The van der Waals surface area contributed by atoms with Crippen molar-refractivity contribution < 1.29 is 14.5 Å². The Morgan fingerprint density at radius 2 is 1.86 bits per heavy atom. The van der Waals surface area contributed by atoms with E-state index in [1.54, 1.807) is 6.07 Å². The first-order chi connectivity index (χ1) is 13.5. The highest BCUT2D eigenvalue weighted by Gasteiger charge is 2.22. The van der Waals surface area contributed by atoms with Crippen molar-refractivity contribution in [3.63, 3.8) is 0 Å². The summed E-state index contributed by atoms with van der Waals surface area (Å²) < 4.78 is 5.33. The third-order valence-corrected chi connectivity index (χ3v) is 4.31. The fourth-order valence-corrected chi connectivity index (χ4v) is 2.90. The number of non-ortho nitro benzene ring substituents is 1. The predicted octanol–water partition coefficient (Wildman–Crippen LogP) is 2.06. The minimum absolute atomic E-state index is 0.0493. The first-order valence-corrected chi connectivity index (χ1v) is 8.99. The normalized spacial score (nSPS) is 13.5. The van der Waals surface area contributed by atoms with Gasteiger partial charge in [-0.2, -0.15) is 0 Å². The molecule has 10 heteroatoms. The number of amides is 1. The van der Waals surface area contributed by atoms with Gasteiger partial charge in [-0.05, 0) is 30.4 Å². The molecule has 0 aromatic heterocycles. The van der Waals surface area contributed by atoms with Crippen molar-refractivity contribution in [3.8, 4) is 0 Å². The molecular formula is C18H19N5O4S. The largest absolute Gasteiger partial charge is 0.378 e. The van der Waals surface area contributed by atoms with E-state index in [4.69, 9.17) is 17.0 Å². The number of para-hydroxylation sites is 1. The maximum Gasteiger partial charge on any atom is 0.270 e. The summed E-state index contributed by atoms with van der Waals surface area (Å²) in [6, 6.07) is 13.5. The summed E-state index contributed by atoms with van der Waals surface area (Å²) in [5, 5.41) is 13.7. The lowest BCUT2D eigenvalue weighted by Gasteiger charge is -2.30. The Bertz CT molecular complexity index is 872. The average molecular weight is 401 g/mol.